The first-order chi connectivity index (χ1) is 18.7. The van der Waals surface area contributed by atoms with E-state index in [1.165, 1.54) is 11.6 Å². The summed E-state index contributed by atoms with van der Waals surface area (Å²) in [7, 11) is 0. The second kappa shape index (κ2) is 12.5. The van der Waals surface area contributed by atoms with E-state index in [1.54, 1.807) is 24.3 Å². The Hall–Kier alpha value is -4.66. The average Bonchev–Trinajstić information content (AvgIpc) is 3.50. The van der Waals surface area contributed by atoms with Crippen LogP contribution in [0.2, 0.25) is 0 Å². The molecule has 0 radical (unpaired) electrons. The zero-order valence-electron chi connectivity index (χ0n) is 20.9. The van der Waals surface area contributed by atoms with Crippen molar-refractivity contribution < 1.29 is 19.0 Å². The molecule has 9 nitrogen and oxygen atoms in total. The number of anilines is 1. The van der Waals surface area contributed by atoms with Crippen LogP contribution in [0.25, 0.3) is 6.08 Å². The van der Waals surface area contributed by atoms with Gasteiger partial charge in [-0.2, -0.15) is 5.21 Å². The van der Waals surface area contributed by atoms with Gasteiger partial charge < -0.3 is 19.5 Å². The number of aryl methyl sites for hydroxylation is 1. The molecule has 1 amide bonds. The monoisotopic (exact) mass is 511 g/mol. The lowest BCUT2D eigenvalue weighted by atomic mass is 10.1. The van der Waals surface area contributed by atoms with Crippen molar-refractivity contribution in [1.29, 1.82) is 0 Å². The van der Waals surface area contributed by atoms with E-state index in [1.807, 2.05) is 30.3 Å². The van der Waals surface area contributed by atoms with Gasteiger partial charge in [0.2, 0.25) is 11.7 Å². The Kier molecular flexibility index (Phi) is 8.25. The second-order valence-corrected chi connectivity index (χ2v) is 8.86. The van der Waals surface area contributed by atoms with E-state index < -0.39 is 6.10 Å². The summed E-state index contributed by atoms with van der Waals surface area (Å²) in [4.78, 5) is 12.6. The maximum Gasteiger partial charge on any atom is 0.248 e. The molecule has 0 spiro atoms. The molecule has 9 heteroatoms. The van der Waals surface area contributed by atoms with E-state index in [4.69, 9.17) is 14.2 Å². The lowest BCUT2D eigenvalue weighted by Gasteiger charge is -2.26. The Labute approximate surface area is 220 Å². The minimum atomic E-state index is -0.523. The molecule has 0 fully saturated rings. The number of aromatic nitrogens is 4. The number of aromatic amines is 1. The van der Waals surface area contributed by atoms with E-state index in [-0.39, 0.29) is 12.5 Å². The third kappa shape index (κ3) is 6.76. The van der Waals surface area contributed by atoms with Gasteiger partial charge in [-0.1, -0.05) is 53.7 Å². The Bertz CT molecular complexity index is 1340. The van der Waals surface area contributed by atoms with Crippen molar-refractivity contribution in [1.82, 2.24) is 20.6 Å². The highest BCUT2D eigenvalue weighted by Gasteiger charge is 2.28. The van der Waals surface area contributed by atoms with Gasteiger partial charge in [-0.15, -0.1) is 10.2 Å². The van der Waals surface area contributed by atoms with Crippen LogP contribution < -0.4 is 19.5 Å². The summed E-state index contributed by atoms with van der Waals surface area (Å²) in [5.74, 6) is 1.88. The minimum Gasteiger partial charge on any atom is -0.494 e. The van der Waals surface area contributed by atoms with Crippen molar-refractivity contribution >= 4 is 17.7 Å². The molecule has 0 bridgehead atoms. The highest BCUT2D eigenvalue weighted by Crippen LogP contribution is 2.41. The number of hydrogen-bond donors (Lipinski definition) is 2. The number of tetrazole rings is 1. The van der Waals surface area contributed by atoms with E-state index in [9.17, 15) is 4.79 Å². The normalized spacial score (nSPS) is 14.4. The Morgan fingerprint density at radius 3 is 2.71 bits per heavy atom. The molecule has 2 heterocycles. The molecule has 3 aromatic carbocycles. The topological polar surface area (TPSA) is 111 Å². The number of carbonyl (C=O) groups is 1. The third-order valence-corrected chi connectivity index (χ3v) is 6.07. The van der Waals surface area contributed by atoms with Gasteiger partial charge in [0.15, 0.2) is 17.6 Å². The summed E-state index contributed by atoms with van der Waals surface area (Å²) in [5, 5.41) is 16.7. The predicted octanol–water partition coefficient (Wildman–Crippen LogP) is 5.16. The van der Waals surface area contributed by atoms with E-state index in [2.05, 4.69) is 50.2 Å². The molecule has 1 aromatic heterocycles. The van der Waals surface area contributed by atoms with Crippen LogP contribution >= 0.6 is 0 Å². The number of rotatable bonds is 11. The number of hydrogen-bond acceptors (Lipinski definition) is 7. The lowest BCUT2D eigenvalue weighted by molar-refractivity contribution is -0.111. The number of benzene rings is 3. The predicted molar refractivity (Wildman–Crippen MR) is 143 cm³/mol. The fourth-order valence-corrected chi connectivity index (χ4v) is 4.09. The SMILES string of the molecule is O=C(/C=C/c1ccc(OCCCCCc2ccccc2)cc1)Nc1cccc2c1OC(c1nn[nH]n1)CO2. The quantitative estimate of drug-likeness (QED) is 0.211. The molecule has 38 heavy (non-hydrogen) atoms. The van der Waals surface area contributed by atoms with Gasteiger partial charge in [-0.05, 0) is 67.2 Å². The van der Waals surface area contributed by atoms with Crippen LogP contribution in [0.4, 0.5) is 5.69 Å². The van der Waals surface area contributed by atoms with Gasteiger partial charge in [-0.25, -0.2) is 0 Å². The Morgan fingerprint density at radius 1 is 1.03 bits per heavy atom. The van der Waals surface area contributed by atoms with E-state index >= 15 is 0 Å². The largest absolute Gasteiger partial charge is 0.494 e. The molecule has 4 aromatic rings. The number of unbranched alkanes of at least 4 members (excludes halogenated alkanes) is 2. The number of amides is 1. The van der Waals surface area contributed by atoms with Crippen LogP contribution in [0.15, 0.2) is 78.9 Å². The Balaban J connectivity index is 1.07. The number of ether oxygens (including phenoxy) is 3. The number of H-pyrrole nitrogens is 1. The summed E-state index contributed by atoms with van der Waals surface area (Å²) >= 11 is 0. The number of para-hydroxylation sites is 1. The number of nitrogens with one attached hydrogen (secondary N) is 2. The fraction of sp³-hybridized carbons (Fsp3) is 0.241. The summed E-state index contributed by atoms with van der Waals surface area (Å²) < 4.78 is 17.6. The molecule has 2 N–H and O–H groups in total. The average molecular weight is 512 g/mol. The Morgan fingerprint density at radius 2 is 1.89 bits per heavy atom. The number of nitrogens with zero attached hydrogens (tertiary/aromatic N) is 3. The van der Waals surface area contributed by atoms with Gasteiger partial charge >= 0.3 is 0 Å². The molecule has 194 valence electrons. The zero-order valence-corrected chi connectivity index (χ0v) is 20.9. The van der Waals surface area contributed by atoms with E-state index in [0.29, 0.717) is 29.6 Å². The maximum absolute atomic E-state index is 12.6. The number of carbonyl (C=O) groups excluding carboxylic acids is 1. The van der Waals surface area contributed by atoms with Crippen LogP contribution in [0.1, 0.15) is 42.3 Å². The lowest BCUT2D eigenvalue weighted by Crippen LogP contribution is -2.24. The van der Waals surface area contributed by atoms with Gasteiger partial charge in [0, 0.05) is 6.08 Å². The molecule has 0 aliphatic carbocycles. The maximum atomic E-state index is 12.6. The van der Waals surface area contributed by atoms with Crippen molar-refractivity contribution in [2.75, 3.05) is 18.5 Å². The van der Waals surface area contributed by atoms with Crippen LogP contribution in [0, 0.1) is 0 Å². The molecule has 1 aliphatic rings. The molecular weight excluding hydrogens is 482 g/mol. The highest BCUT2D eigenvalue weighted by atomic mass is 16.6. The van der Waals surface area contributed by atoms with Crippen LogP contribution in [0.5, 0.6) is 17.2 Å². The molecule has 5 rings (SSSR count). The molecule has 0 saturated heterocycles. The molecule has 1 aliphatic heterocycles. The standard InChI is InChI=1S/C29H29N5O4/c35-27(30-24-11-7-12-25-28(24)38-26(20-37-25)29-31-33-34-32-29)18-15-22-13-16-23(17-14-22)36-19-6-2-5-10-21-8-3-1-4-9-21/h1,3-4,7-9,11-18,26H,2,5-6,10,19-20H2,(H,30,35)(H,31,32,33,34)/b18-15+. The molecule has 1 unspecified atom stereocenters. The van der Waals surface area contributed by atoms with Crippen molar-refractivity contribution in [2.45, 2.75) is 31.8 Å². The van der Waals surface area contributed by atoms with Crippen LogP contribution in [-0.4, -0.2) is 39.7 Å². The summed E-state index contributed by atoms with van der Waals surface area (Å²) in [6.07, 6.45) is 7.10. The van der Waals surface area contributed by atoms with Crippen LogP contribution in [-0.2, 0) is 11.2 Å². The van der Waals surface area contributed by atoms with Crippen molar-refractivity contribution in [3.8, 4) is 17.2 Å². The molecule has 0 saturated carbocycles. The zero-order chi connectivity index (χ0) is 26.0. The van der Waals surface area contributed by atoms with Gasteiger partial charge in [-0.3, -0.25) is 4.79 Å². The highest BCUT2D eigenvalue weighted by molar-refractivity contribution is 6.03. The van der Waals surface area contributed by atoms with Crippen molar-refractivity contribution in [3.05, 3.63) is 95.8 Å². The van der Waals surface area contributed by atoms with Crippen molar-refractivity contribution in [3.63, 3.8) is 0 Å². The van der Waals surface area contributed by atoms with Gasteiger partial charge in [0.05, 0.1) is 12.3 Å². The summed E-state index contributed by atoms with van der Waals surface area (Å²) in [6, 6.07) is 23.5. The first-order valence-electron chi connectivity index (χ1n) is 12.7. The first kappa shape index (κ1) is 25.0. The molecular formula is C29H29N5O4. The summed E-state index contributed by atoms with van der Waals surface area (Å²) in [6.45, 7) is 0.935. The van der Waals surface area contributed by atoms with E-state index in [0.717, 1.165) is 37.0 Å². The number of fused-ring (bicyclic) bond motifs is 1. The van der Waals surface area contributed by atoms with Gasteiger partial charge in [0.25, 0.3) is 0 Å². The third-order valence-electron chi connectivity index (χ3n) is 6.07. The molecule has 1 atom stereocenters. The van der Waals surface area contributed by atoms with Crippen LogP contribution in [0.3, 0.4) is 0 Å². The fourth-order valence-electron chi connectivity index (χ4n) is 4.09. The first-order valence-corrected chi connectivity index (χ1v) is 12.7. The second-order valence-electron chi connectivity index (χ2n) is 8.86. The minimum absolute atomic E-state index is 0.248. The van der Waals surface area contributed by atoms with Crippen molar-refractivity contribution in [2.24, 2.45) is 0 Å². The summed E-state index contributed by atoms with van der Waals surface area (Å²) in [5.41, 5.74) is 2.77. The van der Waals surface area contributed by atoms with Gasteiger partial charge in [0.1, 0.15) is 12.4 Å². The smallest absolute Gasteiger partial charge is 0.248 e.